The molecule has 0 unspecified atom stereocenters. The number of alkyl halides is 1. The summed E-state index contributed by atoms with van der Waals surface area (Å²) in [7, 11) is 0. The quantitative estimate of drug-likeness (QED) is 0.331. The van der Waals surface area contributed by atoms with Crippen LogP contribution in [0.15, 0.2) is 24.4 Å². The van der Waals surface area contributed by atoms with Crippen LogP contribution in [0.2, 0.25) is 10.0 Å². The Hall–Kier alpha value is -2.25. The maximum atomic E-state index is 15.7. The lowest BCUT2D eigenvalue weighted by atomic mass is 9.69. The van der Waals surface area contributed by atoms with E-state index in [0.29, 0.717) is 24.1 Å². The summed E-state index contributed by atoms with van der Waals surface area (Å²) in [5.74, 6) is -0.658. The van der Waals surface area contributed by atoms with E-state index in [1.807, 2.05) is 18.5 Å². The fraction of sp³-hybridized carbons (Fsp3) is 0.586. The number of hydrogen-bond donors (Lipinski definition) is 0. The van der Waals surface area contributed by atoms with E-state index in [1.165, 1.54) is 11.1 Å². The van der Waals surface area contributed by atoms with Crippen LogP contribution in [0.5, 0.6) is 0 Å². The highest BCUT2D eigenvalue weighted by Crippen LogP contribution is 2.66. The summed E-state index contributed by atoms with van der Waals surface area (Å²) in [6, 6.07) is 4.87. The van der Waals surface area contributed by atoms with Crippen LogP contribution in [0.3, 0.4) is 0 Å². The van der Waals surface area contributed by atoms with E-state index >= 15 is 4.39 Å². The predicted molar refractivity (Wildman–Crippen MR) is 145 cm³/mol. The zero-order valence-electron chi connectivity index (χ0n) is 22.2. The minimum Gasteiger partial charge on any atom is -0.328 e. The molecule has 3 saturated carbocycles. The minimum atomic E-state index is -1.51. The van der Waals surface area contributed by atoms with Crippen LogP contribution < -0.4 is 0 Å². The maximum Gasteiger partial charge on any atom is 0.257 e. The third-order valence-corrected chi connectivity index (χ3v) is 9.84. The van der Waals surface area contributed by atoms with Crippen molar-refractivity contribution in [3.63, 3.8) is 0 Å². The summed E-state index contributed by atoms with van der Waals surface area (Å²) < 4.78 is 17.6. The summed E-state index contributed by atoms with van der Waals surface area (Å²) in [6.07, 6.45) is 7.50. The van der Waals surface area contributed by atoms with Crippen LogP contribution in [0.4, 0.5) is 4.39 Å². The van der Waals surface area contributed by atoms with Gasteiger partial charge in [-0.25, -0.2) is 4.39 Å². The van der Waals surface area contributed by atoms with Gasteiger partial charge in [0.1, 0.15) is 11.5 Å². The highest BCUT2D eigenvalue weighted by atomic mass is 35.5. The number of Topliss-reactive ketones (excluding diaryl/α,β-unsaturated/α-hetero) is 2. The fourth-order valence-corrected chi connectivity index (χ4v) is 7.11. The van der Waals surface area contributed by atoms with E-state index in [0.717, 1.165) is 38.5 Å². The van der Waals surface area contributed by atoms with Gasteiger partial charge in [0, 0.05) is 11.1 Å². The molecule has 3 aliphatic carbocycles. The molecule has 38 heavy (non-hydrogen) atoms. The van der Waals surface area contributed by atoms with Crippen LogP contribution in [-0.4, -0.2) is 50.9 Å². The lowest BCUT2D eigenvalue weighted by molar-refractivity contribution is -0.127. The molecule has 2 aromatic rings. The highest BCUT2D eigenvalue weighted by Gasteiger charge is 2.62. The molecule has 1 amide bonds. The van der Waals surface area contributed by atoms with Crippen molar-refractivity contribution in [1.29, 1.82) is 0 Å². The lowest BCUT2D eigenvalue weighted by Gasteiger charge is -2.44. The number of amides is 1. The number of aromatic nitrogens is 2. The highest BCUT2D eigenvalue weighted by molar-refractivity contribution is 6.40. The monoisotopic (exact) mass is 561 g/mol. The topological polar surface area (TPSA) is 72.3 Å². The Labute approximate surface area is 232 Å². The van der Waals surface area contributed by atoms with Crippen LogP contribution >= 0.6 is 23.2 Å². The fourth-order valence-electron chi connectivity index (χ4n) is 6.50. The van der Waals surface area contributed by atoms with Gasteiger partial charge in [-0.1, -0.05) is 36.2 Å². The van der Waals surface area contributed by atoms with E-state index in [2.05, 4.69) is 5.10 Å². The van der Waals surface area contributed by atoms with Crippen molar-refractivity contribution in [2.75, 3.05) is 13.1 Å². The molecule has 1 heterocycles. The zero-order valence-corrected chi connectivity index (χ0v) is 23.7. The van der Waals surface area contributed by atoms with Crippen molar-refractivity contribution >= 4 is 40.7 Å². The van der Waals surface area contributed by atoms with E-state index in [9.17, 15) is 14.4 Å². The van der Waals surface area contributed by atoms with Crippen molar-refractivity contribution in [2.24, 2.45) is 10.8 Å². The molecule has 1 aromatic heterocycles. The molecule has 3 aliphatic rings. The molecular weight excluding hydrogens is 528 g/mol. The van der Waals surface area contributed by atoms with Gasteiger partial charge in [0.05, 0.1) is 46.5 Å². The van der Waals surface area contributed by atoms with Gasteiger partial charge in [0.15, 0.2) is 5.78 Å². The maximum absolute atomic E-state index is 15.7. The average Bonchev–Trinajstić information content (AvgIpc) is 3.51. The summed E-state index contributed by atoms with van der Waals surface area (Å²) >= 11 is 12.5. The molecule has 1 spiro atoms. The SMILES string of the molecule is Cc1c(C(=O)N(CC(=O)c2c(Cl)cccc2Cl)CC2(F)CC3(CC3)C2)cnn1[C@H]1CC[C@](C)(C(C)=O)CC1. The Kier molecular flexibility index (Phi) is 7.00. The molecule has 0 radical (unpaired) electrons. The minimum absolute atomic E-state index is 0.0786. The van der Waals surface area contributed by atoms with Gasteiger partial charge in [0.25, 0.3) is 5.91 Å². The van der Waals surface area contributed by atoms with E-state index < -0.39 is 17.4 Å². The smallest absolute Gasteiger partial charge is 0.257 e. The van der Waals surface area contributed by atoms with Crippen LogP contribution in [0.1, 0.15) is 97.7 Å². The number of benzene rings is 1. The number of carbonyl (C=O) groups is 3. The average molecular weight is 563 g/mol. The van der Waals surface area contributed by atoms with Crippen molar-refractivity contribution in [2.45, 2.75) is 83.8 Å². The Morgan fingerprint density at radius 2 is 1.71 bits per heavy atom. The van der Waals surface area contributed by atoms with Gasteiger partial charge in [0.2, 0.25) is 0 Å². The predicted octanol–water partition coefficient (Wildman–Crippen LogP) is 6.82. The van der Waals surface area contributed by atoms with Gasteiger partial charge >= 0.3 is 0 Å². The second-order valence-corrected chi connectivity index (χ2v) is 12.9. The van der Waals surface area contributed by atoms with Crippen molar-refractivity contribution in [3.05, 3.63) is 51.3 Å². The zero-order chi connectivity index (χ0) is 27.5. The number of halogens is 3. The van der Waals surface area contributed by atoms with Gasteiger partial charge in [-0.2, -0.15) is 5.10 Å². The first kappa shape index (κ1) is 27.3. The van der Waals surface area contributed by atoms with Gasteiger partial charge in [-0.15, -0.1) is 0 Å². The third-order valence-electron chi connectivity index (χ3n) is 9.21. The molecular formula is C29H34Cl2FN3O3. The Balaban J connectivity index is 1.37. The number of nitrogens with zero attached hydrogens (tertiary/aromatic N) is 3. The van der Waals surface area contributed by atoms with Crippen LogP contribution in [0.25, 0.3) is 0 Å². The number of rotatable bonds is 8. The molecule has 5 rings (SSSR count). The molecule has 3 fully saturated rings. The van der Waals surface area contributed by atoms with Crippen molar-refractivity contribution in [3.8, 4) is 0 Å². The molecule has 0 N–H and O–H groups in total. The summed E-state index contributed by atoms with van der Waals surface area (Å²) in [5, 5.41) is 4.92. The number of ketones is 2. The summed E-state index contributed by atoms with van der Waals surface area (Å²) in [5.41, 5.74) is -0.565. The number of hydrogen-bond acceptors (Lipinski definition) is 4. The van der Waals surface area contributed by atoms with Crippen molar-refractivity contribution < 1.29 is 18.8 Å². The van der Waals surface area contributed by atoms with E-state index in [-0.39, 0.29) is 51.4 Å². The first-order valence-electron chi connectivity index (χ1n) is 13.4. The Morgan fingerprint density at radius 1 is 1.11 bits per heavy atom. The molecule has 1 aromatic carbocycles. The standard InChI is InChI=1S/C29H34Cl2FN3O3/c1-18-21(13-33-35(18)20-7-9-27(3,10-8-20)19(2)36)26(38)34(17-29(32)15-28(16-29)11-12-28)14-24(37)25-22(30)5-4-6-23(25)31/h4-6,13,20H,7-12,14-17H2,1-3H3/t20-,27-. The normalized spacial score (nSPS) is 25.1. The Morgan fingerprint density at radius 3 is 2.26 bits per heavy atom. The van der Waals surface area contributed by atoms with Crippen molar-refractivity contribution in [1.82, 2.24) is 14.7 Å². The van der Waals surface area contributed by atoms with Gasteiger partial charge in [-0.05, 0) is 82.8 Å². The largest absolute Gasteiger partial charge is 0.328 e. The third kappa shape index (κ3) is 5.04. The molecule has 0 saturated heterocycles. The summed E-state index contributed by atoms with van der Waals surface area (Å²) in [6.45, 7) is 5.00. The Bertz CT molecular complexity index is 1270. The first-order valence-corrected chi connectivity index (χ1v) is 14.1. The first-order chi connectivity index (χ1) is 17.9. The second kappa shape index (κ2) is 9.74. The van der Waals surface area contributed by atoms with Crippen LogP contribution in [-0.2, 0) is 4.79 Å². The molecule has 0 aliphatic heterocycles. The lowest BCUT2D eigenvalue weighted by Crippen LogP contribution is -2.52. The molecule has 0 bridgehead atoms. The molecule has 0 atom stereocenters. The summed E-state index contributed by atoms with van der Waals surface area (Å²) in [4.78, 5) is 40.5. The van der Waals surface area contributed by atoms with Crippen LogP contribution in [0, 0.1) is 17.8 Å². The number of carbonyl (C=O) groups excluding carboxylic acids is 3. The molecule has 6 nitrogen and oxygen atoms in total. The van der Waals surface area contributed by atoms with Gasteiger partial charge in [-0.3, -0.25) is 19.1 Å². The molecule has 204 valence electrons. The van der Waals surface area contributed by atoms with E-state index in [1.54, 1.807) is 25.1 Å². The molecule has 9 heteroatoms. The van der Waals surface area contributed by atoms with E-state index in [4.69, 9.17) is 23.2 Å². The second-order valence-electron chi connectivity index (χ2n) is 12.1. The van der Waals surface area contributed by atoms with Gasteiger partial charge < -0.3 is 4.90 Å².